The maximum Gasteiger partial charge on any atom is 0.191 e. The molecule has 0 amide bonds. The van der Waals surface area contributed by atoms with Gasteiger partial charge in [0.15, 0.2) is 5.96 Å². The van der Waals surface area contributed by atoms with Crippen molar-refractivity contribution in [1.29, 1.82) is 0 Å². The molecule has 0 aliphatic heterocycles. The van der Waals surface area contributed by atoms with E-state index in [0.717, 1.165) is 44.5 Å². The first-order valence-electron chi connectivity index (χ1n) is 9.66. The maximum atomic E-state index is 5.83. The van der Waals surface area contributed by atoms with Crippen LogP contribution in [0.4, 0.5) is 0 Å². The Hall–Kier alpha value is -1.75. The van der Waals surface area contributed by atoms with E-state index in [1.54, 1.807) is 0 Å². The second kappa shape index (κ2) is 11.0. The highest BCUT2D eigenvalue weighted by Crippen LogP contribution is 2.17. The van der Waals surface area contributed by atoms with Gasteiger partial charge in [-0.1, -0.05) is 38.8 Å². The van der Waals surface area contributed by atoms with Gasteiger partial charge < -0.3 is 20.3 Å². The van der Waals surface area contributed by atoms with E-state index >= 15 is 0 Å². The van der Waals surface area contributed by atoms with Gasteiger partial charge in [0, 0.05) is 26.2 Å². The van der Waals surface area contributed by atoms with E-state index in [-0.39, 0.29) is 0 Å². The zero-order valence-electron chi connectivity index (χ0n) is 16.1. The monoisotopic (exact) mass is 346 g/mol. The maximum absolute atomic E-state index is 5.83. The number of ether oxygens (including phenoxy) is 1. The predicted octanol–water partition coefficient (Wildman–Crippen LogP) is 3.01. The molecule has 0 aromatic heterocycles. The molecule has 0 heterocycles. The van der Waals surface area contributed by atoms with Crippen molar-refractivity contribution in [3.8, 4) is 5.75 Å². The lowest BCUT2D eigenvalue weighted by atomic mass is 10.2. The third-order valence-corrected chi connectivity index (χ3v) is 4.87. The molecule has 0 saturated heterocycles. The quantitative estimate of drug-likeness (QED) is 0.533. The minimum Gasteiger partial charge on any atom is -0.492 e. The first kappa shape index (κ1) is 19.6. The standard InChI is InChI=1S/C20H34N4O/c1-4-24(5-2)14-15-25-19-12-10-17(11-13-19)16-22-20(21-3)23-18-8-6-7-9-18/h10-13,18H,4-9,14-16H2,1-3H3,(H2,21,22,23). The Labute approximate surface area is 152 Å². The molecule has 0 unspecified atom stereocenters. The lowest BCUT2D eigenvalue weighted by Gasteiger charge is -2.18. The second-order valence-corrected chi connectivity index (χ2v) is 6.57. The molecule has 0 radical (unpaired) electrons. The molecule has 1 aromatic carbocycles. The van der Waals surface area contributed by atoms with Crippen molar-refractivity contribution >= 4 is 5.96 Å². The first-order valence-corrected chi connectivity index (χ1v) is 9.66. The number of guanidine groups is 1. The molecule has 1 fully saturated rings. The number of likely N-dealkylation sites (N-methyl/N-ethyl adjacent to an activating group) is 1. The van der Waals surface area contributed by atoms with Crippen LogP contribution in [0.3, 0.4) is 0 Å². The Kier molecular flexibility index (Phi) is 8.60. The van der Waals surface area contributed by atoms with Crippen LogP contribution in [0, 0.1) is 0 Å². The Balaban J connectivity index is 1.71. The van der Waals surface area contributed by atoms with Gasteiger partial charge in [-0.25, -0.2) is 0 Å². The molecule has 1 aliphatic rings. The number of hydrogen-bond acceptors (Lipinski definition) is 3. The molecule has 140 valence electrons. The van der Waals surface area contributed by atoms with Crippen LogP contribution < -0.4 is 15.4 Å². The third kappa shape index (κ3) is 6.94. The molecule has 25 heavy (non-hydrogen) atoms. The van der Waals surface area contributed by atoms with Crippen LogP contribution in [-0.4, -0.2) is 50.2 Å². The third-order valence-electron chi connectivity index (χ3n) is 4.87. The summed E-state index contributed by atoms with van der Waals surface area (Å²) < 4.78 is 5.83. The normalized spacial score (nSPS) is 15.6. The topological polar surface area (TPSA) is 48.9 Å². The highest BCUT2D eigenvalue weighted by molar-refractivity contribution is 5.79. The molecule has 2 rings (SSSR count). The van der Waals surface area contributed by atoms with Gasteiger partial charge in [-0.3, -0.25) is 4.99 Å². The molecular weight excluding hydrogens is 312 g/mol. The predicted molar refractivity (Wildman–Crippen MR) is 105 cm³/mol. The highest BCUT2D eigenvalue weighted by atomic mass is 16.5. The van der Waals surface area contributed by atoms with Gasteiger partial charge in [0.2, 0.25) is 0 Å². The van der Waals surface area contributed by atoms with Crippen molar-refractivity contribution in [3.05, 3.63) is 29.8 Å². The van der Waals surface area contributed by atoms with Gasteiger partial charge in [-0.2, -0.15) is 0 Å². The molecule has 5 heteroatoms. The van der Waals surface area contributed by atoms with Gasteiger partial charge in [0.25, 0.3) is 0 Å². The van der Waals surface area contributed by atoms with Crippen LogP contribution in [-0.2, 0) is 6.54 Å². The number of aliphatic imine (C=N–C) groups is 1. The van der Waals surface area contributed by atoms with Crippen molar-refractivity contribution < 1.29 is 4.74 Å². The molecule has 2 N–H and O–H groups in total. The van der Waals surface area contributed by atoms with Gasteiger partial charge in [-0.15, -0.1) is 0 Å². The van der Waals surface area contributed by atoms with E-state index in [1.165, 1.54) is 31.2 Å². The first-order chi connectivity index (χ1) is 12.2. The number of benzene rings is 1. The van der Waals surface area contributed by atoms with Crippen LogP contribution in [0.1, 0.15) is 45.1 Å². The number of rotatable bonds is 9. The van der Waals surface area contributed by atoms with E-state index in [4.69, 9.17) is 4.74 Å². The summed E-state index contributed by atoms with van der Waals surface area (Å²) in [6, 6.07) is 8.90. The summed E-state index contributed by atoms with van der Waals surface area (Å²) in [6.45, 7) is 8.98. The lowest BCUT2D eigenvalue weighted by Crippen LogP contribution is -2.41. The summed E-state index contributed by atoms with van der Waals surface area (Å²) in [5, 5.41) is 6.90. The molecule has 5 nitrogen and oxygen atoms in total. The number of nitrogens with zero attached hydrogens (tertiary/aromatic N) is 2. The summed E-state index contributed by atoms with van der Waals surface area (Å²) in [7, 11) is 1.83. The van der Waals surface area contributed by atoms with E-state index in [1.807, 2.05) is 19.2 Å². The van der Waals surface area contributed by atoms with Crippen molar-refractivity contribution in [1.82, 2.24) is 15.5 Å². The summed E-state index contributed by atoms with van der Waals surface area (Å²) in [6.07, 6.45) is 5.15. The summed E-state index contributed by atoms with van der Waals surface area (Å²) in [4.78, 5) is 6.68. The van der Waals surface area contributed by atoms with Crippen molar-refractivity contribution in [3.63, 3.8) is 0 Å². The minimum atomic E-state index is 0.577. The zero-order valence-corrected chi connectivity index (χ0v) is 16.1. The fourth-order valence-electron chi connectivity index (χ4n) is 3.18. The van der Waals surface area contributed by atoms with Crippen molar-refractivity contribution in [2.75, 3.05) is 33.3 Å². The molecule has 0 atom stereocenters. The largest absolute Gasteiger partial charge is 0.492 e. The van der Waals surface area contributed by atoms with Gasteiger partial charge in [0.05, 0.1) is 0 Å². The molecule has 0 spiro atoms. The van der Waals surface area contributed by atoms with Crippen LogP contribution >= 0.6 is 0 Å². The SMILES string of the molecule is CCN(CC)CCOc1ccc(CNC(=NC)NC2CCCC2)cc1. The lowest BCUT2D eigenvalue weighted by molar-refractivity contribution is 0.223. The molecular formula is C20H34N4O. The molecule has 1 aromatic rings. The van der Waals surface area contributed by atoms with E-state index in [0.29, 0.717) is 6.04 Å². The minimum absolute atomic E-state index is 0.577. The zero-order chi connectivity index (χ0) is 17.9. The van der Waals surface area contributed by atoms with Crippen LogP contribution in [0.2, 0.25) is 0 Å². The van der Waals surface area contributed by atoms with E-state index in [2.05, 4.69) is 46.5 Å². The summed E-state index contributed by atoms with van der Waals surface area (Å²) in [5.41, 5.74) is 1.23. The highest BCUT2D eigenvalue weighted by Gasteiger charge is 2.15. The molecule has 1 saturated carbocycles. The Morgan fingerprint density at radius 3 is 2.44 bits per heavy atom. The molecule has 1 aliphatic carbocycles. The molecule has 0 bridgehead atoms. The number of nitrogens with one attached hydrogen (secondary N) is 2. The van der Waals surface area contributed by atoms with Crippen LogP contribution in [0.25, 0.3) is 0 Å². The average Bonchev–Trinajstić information content (AvgIpc) is 3.16. The van der Waals surface area contributed by atoms with Crippen molar-refractivity contribution in [2.24, 2.45) is 4.99 Å². The number of hydrogen-bond donors (Lipinski definition) is 2. The van der Waals surface area contributed by atoms with E-state index < -0.39 is 0 Å². The van der Waals surface area contributed by atoms with Crippen LogP contribution in [0.5, 0.6) is 5.75 Å². The van der Waals surface area contributed by atoms with Gasteiger partial charge >= 0.3 is 0 Å². The van der Waals surface area contributed by atoms with Gasteiger partial charge in [-0.05, 0) is 43.6 Å². The summed E-state index contributed by atoms with van der Waals surface area (Å²) in [5.74, 6) is 1.83. The Bertz CT molecular complexity index is 505. The smallest absolute Gasteiger partial charge is 0.191 e. The fourth-order valence-corrected chi connectivity index (χ4v) is 3.18. The average molecular weight is 347 g/mol. The van der Waals surface area contributed by atoms with E-state index in [9.17, 15) is 0 Å². The van der Waals surface area contributed by atoms with Crippen molar-refractivity contribution in [2.45, 2.75) is 52.1 Å². The Morgan fingerprint density at radius 2 is 1.84 bits per heavy atom. The second-order valence-electron chi connectivity index (χ2n) is 6.57. The summed E-state index contributed by atoms with van der Waals surface area (Å²) >= 11 is 0. The Morgan fingerprint density at radius 1 is 1.16 bits per heavy atom. The van der Waals surface area contributed by atoms with Gasteiger partial charge in [0.1, 0.15) is 12.4 Å². The fraction of sp³-hybridized carbons (Fsp3) is 0.650. The van der Waals surface area contributed by atoms with Crippen LogP contribution in [0.15, 0.2) is 29.3 Å².